The number of H-pyrrole nitrogens is 1. The molecule has 1 atom stereocenters. The summed E-state index contributed by atoms with van der Waals surface area (Å²) >= 11 is 3.68. The highest BCUT2D eigenvalue weighted by Crippen LogP contribution is 2.36. The first kappa shape index (κ1) is 22.9. The fourth-order valence-electron chi connectivity index (χ4n) is 4.86. The normalized spacial score (nSPS) is 20.2. The number of aromatic nitrogens is 1. The van der Waals surface area contributed by atoms with Gasteiger partial charge >= 0.3 is 0 Å². The molecule has 1 unspecified atom stereocenters. The number of allylic oxidation sites excluding steroid dienone is 2. The first-order chi connectivity index (χ1) is 14.3. The minimum atomic E-state index is -0.221. The maximum Gasteiger partial charge on any atom is 0.253 e. The minimum Gasteiger partial charge on any atom is -0.369 e. The second-order valence-electron chi connectivity index (χ2n) is 8.65. The summed E-state index contributed by atoms with van der Waals surface area (Å²) in [6.45, 7) is 9.26. The summed E-state index contributed by atoms with van der Waals surface area (Å²) in [6.07, 6.45) is 9.21. The largest absolute Gasteiger partial charge is 0.369 e. The number of rotatable bonds is 6. The number of carbonyl (C=O) groups excluding carboxylic acids is 1. The van der Waals surface area contributed by atoms with E-state index in [4.69, 9.17) is 0 Å². The quantitative estimate of drug-likeness (QED) is 0.618. The second kappa shape index (κ2) is 9.99. The van der Waals surface area contributed by atoms with Gasteiger partial charge < -0.3 is 15.2 Å². The van der Waals surface area contributed by atoms with E-state index in [-0.39, 0.29) is 23.9 Å². The van der Waals surface area contributed by atoms with Gasteiger partial charge in [0.2, 0.25) is 5.91 Å². The number of hydrogen-bond acceptors (Lipinski definition) is 3. The van der Waals surface area contributed by atoms with Crippen LogP contribution in [0.4, 0.5) is 0 Å². The van der Waals surface area contributed by atoms with Gasteiger partial charge in [-0.15, -0.1) is 0 Å². The average Bonchev–Trinajstić information content (AvgIpc) is 2.70. The Morgan fingerprint density at radius 3 is 2.57 bits per heavy atom. The zero-order valence-corrected chi connectivity index (χ0v) is 20.2. The lowest BCUT2D eigenvalue weighted by molar-refractivity contribution is -0.124. The monoisotopic (exact) mass is 475 g/mol. The summed E-state index contributed by atoms with van der Waals surface area (Å²) in [5, 5.41) is 3.02. The summed E-state index contributed by atoms with van der Waals surface area (Å²) in [5.41, 5.74) is 4.55. The van der Waals surface area contributed by atoms with Crippen molar-refractivity contribution in [1.29, 1.82) is 0 Å². The van der Waals surface area contributed by atoms with E-state index in [2.05, 4.69) is 51.1 Å². The molecule has 3 rings (SSSR count). The van der Waals surface area contributed by atoms with Crippen molar-refractivity contribution < 1.29 is 4.79 Å². The van der Waals surface area contributed by atoms with Crippen LogP contribution >= 0.6 is 15.9 Å². The summed E-state index contributed by atoms with van der Waals surface area (Å²) in [6, 6.07) is 2.50. The molecule has 0 radical (unpaired) electrons. The highest BCUT2D eigenvalue weighted by molar-refractivity contribution is 9.11. The average molecular weight is 476 g/mol. The van der Waals surface area contributed by atoms with Crippen LogP contribution in [-0.2, 0) is 11.3 Å². The van der Waals surface area contributed by atoms with Crippen molar-refractivity contribution in [2.24, 2.45) is 5.92 Å². The molecule has 1 heterocycles. The van der Waals surface area contributed by atoms with Crippen LogP contribution in [0.15, 0.2) is 32.7 Å². The Labute approximate surface area is 188 Å². The lowest BCUT2D eigenvalue weighted by atomic mass is 9.87. The first-order valence-corrected chi connectivity index (χ1v) is 11.9. The van der Waals surface area contributed by atoms with Gasteiger partial charge in [-0.3, -0.25) is 9.59 Å². The number of halogens is 1. The van der Waals surface area contributed by atoms with Crippen molar-refractivity contribution in [3.8, 4) is 0 Å². The molecule has 30 heavy (non-hydrogen) atoms. The molecule has 164 valence electrons. The van der Waals surface area contributed by atoms with Gasteiger partial charge in [0, 0.05) is 36.1 Å². The lowest BCUT2D eigenvalue weighted by Gasteiger charge is -2.39. The molecule has 2 aliphatic carbocycles. The van der Waals surface area contributed by atoms with E-state index >= 15 is 0 Å². The van der Waals surface area contributed by atoms with E-state index in [0.29, 0.717) is 18.0 Å². The zero-order chi connectivity index (χ0) is 21.8. The molecule has 2 aliphatic rings. The molecule has 6 heteroatoms. The molecule has 0 spiro atoms. The van der Waals surface area contributed by atoms with Gasteiger partial charge in [-0.2, -0.15) is 0 Å². The number of hydrogen-bond donors (Lipinski definition) is 2. The molecule has 1 amide bonds. The third kappa shape index (κ3) is 5.08. The van der Waals surface area contributed by atoms with E-state index in [1.54, 1.807) is 0 Å². The van der Waals surface area contributed by atoms with E-state index in [1.807, 2.05) is 19.9 Å². The van der Waals surface area contributed by atoms with Gasteiger partial charge in [-0.25, -0.2) is 0 Å². The maximum absolute atomic E-state index is 13.1. The number of pyridine rings is 1. The summed E-state index contributed by atoms with van der Waals surface area (Å²) in [5.74, 6) is -0.240. The van der Waals surface area contributed by atoms with Gasteiger partial charge in [0.15, 0.2) is 0 Å². The second-order valence-corrected chi connectivity index (χ2v) is 9.67. The van der Waals surface area contributed by atoms with Crippen molar-refractivity contribution in [3.63, 3.8) is 0 Å². The van der Waals surface area contributed by atoms with Gasteiger partial charge in [0.1, 0.15) is 0 Å². The smallest absolute Gasteiger partial charge is 0.253 e. The molecule has 2 N–H and O–H groups in total. The summed E-state index contributed by atoms with van der Waals surface area (Å²) < 4.78 is 1.06. The molecule has 0 saturated heterocycles. The number of amides is 1. The van der Waals surface area contributed by atoms with E-state index in [9.17, 15) is 9.59 Å². The molecule has 0 aliphatic heterocycles. The molecular formula is C24H34BrN3O2. The van der Waals surface area contributed by atoms with Crippen molar-refractivity contribution in [2.75, 3.05) is 6.54 Å². The van der Waals surface area contributed by atoms with Gasteiger partial charge in [-0.1, -0.05) is 35.2 Å². The van der Waals surface area contributed by atoms with Crippen LogP contribution in [-0.4, -0.2) is 28.4 Å². The van der Waals surface area contributed by atoms with Gasteiger partial charge in [0.05, 0.1) is 5.92 Å². The van der Waals surface area contributed by atoms with Gasteiger partial charge in [0.25, 0.3) is 5.56 Å². The third-order valence-corrected chi connectivity index (χ3v) is 7.09. The SMILES string of the molecule is CCN(C1=C(C)C(C(=O)NCc2c(C)cc(C)[nH]c2=O)CC(Br)=C1)C1CCCCC1. The van der Waals surface area contributed by atoms with Crippen LogP contribution in [0, 0.1) is 19.8 Å². The summed E-state index contributed by atoms with van der Waals surface area (Å²) in [7, 11) is 0. The predicted molar refractivity (Wildman–Crippen MR) is 125 cm³/mol. The highest BCUT2D eigenvalue weighted by Gasteiger charge is 2.31. The Bertz CT molecular complexity index is 910. The Morgan fingerprint density at radius 2 is 1.93 bits per heavy atom. The van der Waals surface area contributed by atoms with Crippen LogP contribution in [0.25, 0.3) is 0 Å². The van der Waals surface area contributed by atoms with Crippen molar-refractivity contribution in [3.05, 3.63) is 55.1 Å². The Kier molecular flexibility index (Phi) is 7.61. The van der Waals surface area contributed by atoms with E-state index < -0.39 is 0 Å². The number of nitrogens with zero attached hydrogens (tertiary/aromatic N) is 1. The van der Waals surface area contributed by atoms with Crippen molar-refractivity contribution in [2.45, 2.75) is 78.8 Å². The van der Waals surface area contributed by atoms with Crippen LogP contribution < -0.4 is 10.9 Å². The molecule has 1 aromatic rings. The van der Waals surface area contributed by atoms with Crippen LogP contribution in [0.5, 0.6) is 0 Å². The number of aromatic amines is 1. The fraction of sp³-hybridized carbons (Fsp3) is 0.583. The first-order valence-electron chi connectivity index (χ1n) is 11.1. The standard InChI is InChI=1S/C24H34BrN3O2/c1-5-28(19-9-7-6-8-10-19)22-13-18(25)12-20(17(22)4)23(29)26-14-21-15(2)11-16(3)27-24(21)30/h11,13,19-20H,5-10,12,14H2,1-4H3,(H,26,29)(H,27,30). The molecular weight excluding hydrogens is 442 g/mol. The Balaban J connectivity index is 1.78. The lowest BCUT2D eigenvalue weighted by Crippen LogP contribution is -2.39. The topological polar surface area (TPSA) is 65.2 Å². The number of likely N-dealkylation sites (N-methyl/N-ethyl adjacent to an activating group) is 1. The molecule has 1 saturated carbocycles. The van der Waals surface area contributed by atoms with E-state index in [1.165, 1.54) is 37.8 Å². The molecule has 1 fully saturated rings. The molecule has 0 bridgehead atoms. The predicted octanol–water partition coefficient (Wildman–Crippen LogP) is 4.84. The van der Waals surface area contributed by atoms with Crippen LogP contribution in [0.1, 0.15) is 69.2 Å². The number of nitrogens with one attached hydrogen (secondary N) is 2. The van der Waals surface area contributed by atoms with Gasteiger partial charge in [-0.05, 0) is 74.7 Å². The van der Waals surface area contributed by atoms with Crippen LogP contribution in [0.3, 0.4) is 0 Å². The van der Waals surface area contributed by atoms with E-state index in [0.717, 1.165) is 27.9 Å². The fourth-order valence-corrected chi connectivity index (χ4v) is 5.40. The number of carbonyl (C=O) groups is 1. The maximum atomic E-state index is 13.1. The minimum absolute atomic E-state index is 0.0193. The third-order valence-electron chi connectivity index (χ3n) is 6.53. The molecule has 0 aromatic carbocycles. The summed E-state index contributed by atoms with van der Waals surface area (Å²) in [4.78, 5) is 30.7. The van der Waals surface area contributed by atoms with Crippen molar-refractivity contribution >= 4 is 21.8 Å². The Hall–Kier alpha value is -1.82. The Morgan fingerprint density at radius 1 is 1.23 bits per heavy atom. The van der Waals surface area contributed by atoms with Crippen LogP contribution in [0.2, 0.25) is 0 Å². The zero-order valence-electron chi connectivity index (χ0n) is 18.6. The molecule has 1 aromatic heterocycles. The highest BCUT2D eigenvalue weighted by atomic mass is 79.9. The number of aryl methyl sites for hydroxylation is 2. The van der Waals surface area contributed by atoms with Crippen molar-refractivity contribution in [1.82, 2.24) is 15.2 Å². The molecule has 5 nitrogen and oxygen atoms in total.